The van der Waals surface area contributed by atoms with Crippen LogP contribution in [0.15, 0.2) is 0 Å². The Kier molecular flexibility index (Phi) is 54.8. The van der Waals surface area contributed by atoms with E-state index in [-0.39, 0.29) is 25.7 Å². The van der Waals surface area contributed by atoms with E-state index in [1.165, 1.54) is 116 Å². The smallest absolute Gasteiger partial charge is 0.462 e. The van der Waals surface area contributed by atoms with Crippen molar-refractivity contribution in [2.24, 2.45) is 23.7 Å². The van der Waals surface area contributed by atoms with Gasteiger partial charge in [0.25, 0.3) is 0 Å². The molecule has 0 saturated carbocycles. The van der Waals surface area contributed by atoms with E-state index < -0.39 is 97.5 Å². The quantitative estimate of drug-likeness (QED) is 0.0222. The van der Waals surface area contributed by atoms with Gasteiger partial charge in [0, 0.05) is 25.7 Å². The number of phosphoric ester groups is 2. The molecule has 85 heavy (non-hydrogen) atoms. The van der Waals surface area contributed by atoms with Crippen molar-refractivity contribution in [3.05, 3.63) is 0 Å². The first kappa shape index (κ1) is 83.1. The predicted octanol–water partition coefficient (Wildman–Crippen LogP) is 18.1. The van der Waals surface area contributed by atoms with E-state index in [2.05, 4.69) is 55.4 Å². The first-order valence-corrected chi connectivity index (χ1v) is 37.2. The van der Waals surface area contributed by atoms with Gasteiger partial charge in [0.15, 0.2) is 12.2 Å². The number of esters is 4. The van der Waals surface area contributed by atoms with E-state index in [1.54, 1.807) is 0 Å². The zero-order valence-electron chi connectivity index (χ0n) is 55.2. The summed E-state index contributed by atoms with van der Waals surface area (Å²) in [4.78, 5) is 72.3. The Morgan fingerprint density at radius 3 is 0.835 bits per heavy atom. The van der Waals surface area contributed by atoms with E-state index in [0.29, 0.717) is 37.5 Å². The average Bonchev–Trinajstić information content (AvgIpc) is 3.48. The van der Waals surface area contributed by atoms with Gasteiger partial charge < -0.3 is 33.8 Å². The maximum absolute atomic E-state index is 13.0. The zero-order chi connectivity index (χ0) is 63.2. The largest absolute Gasteiger partial charge is 0.472 e. The maximum atomic E-state index is 13.0. The van der Waals surface area contributed by atoms with Crippen molar-refractivity contribution in [3.63, 3.8) is 0 Å². The van der Waals surface area contributed by atoms with E-state index in [9.17, 15) is 43.2 Å². The van der Waals surface area contributed by atoms with Gasteiger partial charge in [-0.15, -0.1) is 0 Å². The molecular weight excluding hydrogens is 1130 g/mol. The second-order valence-electron chi connectivity index (χ2n) is 25.5. The van der Waals surface area contributed by atoms with Gasteiger partial charge in [-0.1, -0.05) is 267 Å². The fourth-order valence-corrected chi connectivity index (χ4v) is 11.3. The Balaban J connectivity index is 5.25. The molecule has 3 N–H and O–H groups in total. The van der Waals surface area contributed by atoms with Crippen molar-refractivity contribution in [3.8, 4) is 0 Å². The summed E-state index contributed by atoms with van der Waals surface area (Å²) >= 11 is 0. The lowest BCUT2D eigenvalue weighted by atomic mass is 9.99. The Morgan fingerprint density at radius 1 is 0.329 bits per heavy atom. The Labute approximate surface area is 517 Å². The number of rotatable bonds is 63. The first-order chi connectivity index (χ1) is 40.6. The zero-order valence-corrected chi connectivity index (χ0v) is 57.0. The lowest BCUT2D eigenvalue weighted by Gasteiger charge is -2.21. The van der Waals surface area contributed by atoms with E-state index >= 15 is 0 Å². The number of ether oxygens (including phenoxy) is 4. The molecule has 0 aromatic rings. The molecule has 504 valence electrons. The molecule has 0 aromatic heterocycles. The number of aliphatic hydroxyl groups excluding tert-OH is 1. The topological polar surface area (TPSA) is 237 Å². The number of hydrogen-bond acceptors (Lipinski definition) is 15. The molecule has 6 atom stereocenters. The SMILES string of the molecule is CCC(C)CCCCCCCCCCCCC(=O)O[C@H](COC(=O)CCCCCCCCCCCCC(C)C)COP(=O)(O)OC[C@@H](O)COP(=O)(O)OC[C@@H](COC(=O)CCCCCCCCC(C)C)OC(=O)CCCCCCCCC(C)C. The van der Waals surface area contributed by atoms with Crippen molar-refractivity contribution >= 4 is 39.5 Å². The molecule has 0 aliphatic heterocycles. The van der Waals surface area contributed by atoms with Crippen LogP contribution in [0.2, 0.25) is 0 Å². The molecule has 17 nitrogen and oxygen atoms in total. The number of carbonyl (C=O) groups excluding carboxylic acids is 4. The van der Waals surface area contributed by atoms with Crippen molar-refractivity contribution in [2.75, 3.05) is 39.6 Å². The summed E-state index contributed by atoms with van der Waals surface area (Å²) < 4.78 is 68.0. The molecule has 0 aliphatic rings. The van der Waals surface area contributed by atoms with Crippen LogP contribution in [0.3, 0.4) is 0 Å². The minimum atomic E-state index is -4.95. The molecule has 0 heterocycles. The monoisotopic (exact) mass is 1250 g/mol. The lowest BCUT2D eigenvalue weighted by Crippen LogP contribution is -2.30. The minimum Gasteiger partial charge on any atom is -0.462 e. The number of unbranched alkanes of at least 4 members (excludes halogenated alkanes) is 28. The number of phosphoric acid groups is 2. The molecule has 0 radical (unpaired) electrons. The molecule has 19 heteroatoms. The third kappa shape index (κ3) is 59.5. The second-order valence-corrected chi connectivity index (χ2v) is 28.4. The molecule has 0 saturated heterocycles. The number of aliphatic hydroxyl groups is 1. The van der Waals surface area contributed by atoms with Gasteiger partial charge in [-0.2, -0.15) is 0 Å². The van der Waals surface area contributed by atoms with Crippen molar-refractivity contribution < 1.29 is 80.2 Å². The molecule has 0 aromatic carbocycles. The average molecular weight is 1260 g/mol. The number of carbonyl (C=O) groups is 4. The van der Waals surface area contributed by atoms with Crippen LogP contribution in [-0.4, -0.2) is 96.7 Å². The highest BCUT2D eigenvalue weighted by Gasteiger charge is 2.30. The van der Waals surface area contributed by atoms with Gasteiger partial charge in [0.1, 0.15) is 19.3 Å². The van der Waals surface area contributed by atoms with Crippen LogP contribution in [0.4, 0.5) is 0 Å². The van der Waals surface area contributed by atoms with Crippen LogP contribution in [-0.2, 0) is 65.4 Å². The summed E-state index contributed by atoms with van der Waals surface area (Å²) in [5.74, 6) is 0.770. The third-order valence-corrected chi connectivity index (χ3v) is 17.3. The molecule has 0 fully saturated rings. The van der Waals surface area contributed by atoms with E-state index in [4.69, 9.17) is 37.0 Å². The molecular formula is C66H128O17P2. The minimum absolute atomic E-state index is 0.100. The van der Waals surface area contributed by atoms with Crippen LogP contribution < -0.4 is 0 Å². The van der Waals surface area contributed by atoms with Crippen LogP contribution >= 0.6 is 15.6 Å². The molecule has 0 bridgehead atoms. The lowest BCUT2D eigenvalue weighted by molar-refractivity contribution is -0.161. The van der Waals surface area contributed by atoms with Gasteiger partial charge in [0.2, 0.25) is 0 Å². The molecule has 3 unspecified atom stereocenters. The van der Waals surface area contributed by atoms with Crippen LogP contribution in [0.5, 0.6) is 0 Å². The molecule has 0 amide bonds. The Bertz CT molecular complexity index is 1700. The van der Waals surface area contributed by atoms with Gasteiger partial charge >= 0.3 is 39.5 Å². The fourth-order valence-electron chi connectivity index (χ4n) is 9.75. The van der Waals surface area contributed by atoms with Gasteiger partial charge in [0.05, 0.1) is 26.4 Å². The first-order valence-electron chi connectivity index (χ1n) is 34.2. The third-order valence-electron chi connectivity index (χ3n) is 15.4. The van der Waals surface area contributed by atoms with Crippen molar-refractivity contribution in [1.29, 1.82) is 0 Å². The van der Waals surface area contributed by atoms with Crippen LogP contribution in [0.1, 0.15) is 319 Å². The normalized spacial score (nSPS) is 14.7. The second kappa shape index (κ2) is 56.1. The van der Waals surface area contributed by atoms with E-state index in [1.807, 2.05) is 0 Å². The van der Waals surface area contributed by atoms with Crippen molar-refractivity contribution in [1.82, 2.24) is 0 Å². The summed E-state index contributed by atoms with van der Waals surface area (Å²) in [6.45, 7) is 14.0. The summed E-state index contributed by atoms with van der Waals surface area (Å²) in [5, 5.41) is 10.5. The van der Waals surface area contributed by atoms with Gasteiger partial charge in [-0.05, 0) is 49.4 Å². The highest BCUT2D eigenvalue weighted by molar-refractivity contribution is 7.47. The van der Waals surface area contributed by atoms with Crippen molar-refractivity contribution in [2.45, 2.75) is 337 Å². The van der Waals surface area contributed by atoms with Crippen LogP contribution in [0.25, 0.3) is 0 Å². The Morgan fingerprint density at radius 2 is 0.565 bits per heavy atom. The maximum Gasteiger partial charge on any atom is 0.472 e. The summed E-state index contributed by atoms with van der Waals surface area (Å²) in [5.41, 5.74) is 0. The summed E-state index contributed by atoms with van der Waals surface area (Å²) in [6.07, 6.45) is 36.4. The highest BCUT2D eigenvalue weighted by Crippen LogP contribution is 2.45. The molecule has 0 spiro atoms. The molecule has 0 aliphatic carbocycles. The van der Waals surface area contributed by atoms with E-state index in [0.717, 1.165) is 108 Å². The molecule has 0 rings (SSSR count). The van der Waals surface area contributed by atoms with Gasteiger partial charge in [-0.25, -0.2) is 9.13 Å². The number of hydrogen-bond donors (Lipinski definition) is 3. The Hall–Kier alpha value is -1.94. The summed E-state index contributed by atoms with van der Waals surface area (Å²) in [6, 6.07) is 0. The standard InChI is InChI=1S/C66H128O17P2/c1-9-59(8)45-37-29-19-15-11-13-17-21-32-40-48-65(70)82-61(52-76-63(68)46-38-30-20-16-12-10-14-18-26-34-42-56(2)3)54-80-84(72,73)78-50-60(67)51-79-85(74,75)81-55-62(83-66(71)49-41-33-25-23-28-36-44-58(6)7)53-77-64(69)47-39-31-24-22-27-35-43-57(4)5/h56-62,67H,9-55H2,1-8H3,(H,72,73)(H,74,75)/t59?,60-,61-,62-/m1/s1. The van der Waals surface area contributed by atoms with Crippen LogP contribution in [0, 0.1) is 23.7 Å². The fraction of sp³-hybridized carbons (Fsp3) is 0.939. The van der Waals surface area contributed by atoms with Gasteiger partial charge in [-0.3, -0.25) is 37.3 Å². The summed E-state index contributed by atoms with van der Waals surface area (Å²) in [7, 11) is -9.89. The predicted molar refractivity (Wildman–Crippen MR) is 340 cm³/mol. The highest BCUT2D eigenvalue weighted by atomic mass is 31.2.